The van der Waals surface area contributed by atoms with Gasteiger partial charge in [0.1, 0.15) is 6.33 Å². The number of carbonyl (C=O) groups excluding carboxylic acids is 2. The second-order valence-electron chi connectivity index (χ2n) is 5.46. The van der Waals surface area contributed by atoms with Gasteiger partial charge in [0.05, 0.1) is 6.04 Å². The van der Waals surface area contributed by atoms with E-state index in [-0.39, 0.29) is 30.8 Å². The Hall–Kier alpha value is -2.70. The minimum atomic E-state index is -0.234. The average Bonchev–Trinajstić information content (AvgIpc) is 2.94. The Kier molecular flexibility index (Phi) is 5.46. The first kappa shape index (κ1) is 16.7. The maximum absolute atomic E-state index is 11.9. The van der Waals surface area contributed by atoms with E-state index in [9.17, 15) is 9.59 Å². The molecule has 1 aromatic heterocycles. The van der Waals surface area contributed by atoms with E-state index in [2.05, 4.69) is 20.8 Å². The van der Waals surface area contributed by atoms with Crippen LogP contribution in [0.25, 0.3) is 0 Å². The highest BCUT2D eigenvalue weighted by Gasteiger charge is 2.14. The lowest BCUT2D eigenvalue weighted by Crippen LogP contribution is -2.32. The van der Waals surface area contributed by atoms with Crippen LogP contribution in [0.3, 0.4) is 0 Å². The number of carbonyl (C=O) groups is 2. The van der Waals surface area contributed by atoms with Gasteiger partial charge in [-0.15, -0.1) is 10.2 Å². The van der Waals surface area contributed by atoms with Crippen LogP contribution >= 0.6 is 0 Å². The summed E-state index contributed by atoms with van der Waals surface area (Å²) in [5.41, 5.74) is 1.68. The molecule has 7 heteroatoms. The molecule has 2 N–H and O–H groups in total. The fourth-order valence-electron chi connectivity index (χ4n) is 2.16. The van der Waals surface area contributed by atoms with Crippen molar-refractivity contribution in [3.05, 3.63) is 47.5 Å². The number of benzene rings is 1. The second kappa shape index (κ2) is 7.53. The van der Waals surface area contributed by atoms with Crippen LogP contribution < -0.4 is 10.6 Å². The number of amides is 2. The van der Waals surface area contributed by atoms with E-state index in [1.807, 2.05) is 33.0 Å². The summed E-state index contributed by atoms with van der Waals surface area (Å²) in [6.07, 6.45) is 1.79. The lowest BCUT2D eigenvalue weighted by molar-refractivity contribution is -0.121. The van der Waals surface area contributed by atoms with Gasteiger partial charge in [-0.2, -0.15) is 0 Å². The Balaban J connectivity index is 1.75. The molecule has 0 fully saturated rings. The molecule has 1 unspecified atom stereocenters. The van der Waals surface area contributed by atoms with Gasteiger partial charge in [0.25, 0.3) is 5.91 Å². The molecule has 0 radical (unpaired) electrons. The molecule has 1 atom stereocenters. The molecule has 2 aromatic rings. The van der Waals surface area contributed by atoms with Crippen molar-refractivity contribution >= 4 is 11.8 Å². The number of aromatic nitrogens is 3. The maximum Gasteiger partial charge on any atom is 0.251 e. The van der Waals surface area contributed by atoms with E-state index in [1.165, 1.54) is 0 Å². The standard InChI is InChI=1S/C16H21N5O2/c1-11-4-6-13(7-5-11)16(23)17-9-8-14(22)19-12(2)15-20-18-10-21(15)3/h4-7,10,12H,8-9H2,1-3H3,(H,17,23)(H,19,22). The van der Waals surface area contributed by atoms with Crippen LogP contribution in [0.1, 0.15) is 41.1 Å². The van der Waals surface area contributed by atoms with Gasteiger partial charge in [-0.25, -0.2) is 0 Å². The minimum Gasteiger partial charge on any atom is -0.352 e. The zero-order valence-electron chi connectivity index (χ0n) is 13.5. The molecule has 0 saturated carbocycles. The molecule has 1 heterocycles. The summed E-state index contributed by atoms with van der Waals surface area (Å²) in [5, 5.41) is 13.3. The third kappa shape index (κ3) is 4.64. The zero-order chi connectivity index (χ0) is 16.8. The van der Waals surface area contributed by atoms with Crippen molar-refractivity contribution in [3.8, 4) is 0 Å². The average molecular weight is 315 g/mol. The smallest absolute Gasteiger partial charge is 0.251 e. The second-order valence-corrected chi connectivity index (χ2v) is 5.46. The fourth-order valence-corrected chi connectivity index (χ4v) is 2.16. The molecule has 122 valence electrons. The summed E-state index contributed by atoms with van der Waals surface area (Å²) in [4.78, 5) is 23.8. The number of hydrogen-bond acceptors (Lipinski definition) is 4. The van der Waals surface area contributed by atoms with Gasteiger partial charge < -0.3 is 15.2 Å². The molecule has 7 nitrogen and oxygen atoms in total. The van der Waals surface area contributed by atoms with Gasteiger partial charge in [-0.3, -0.25) is 9.59 Å². The number of nitrogens with zero attached hydrogens (tertiary/aromatic N) is 3. The van der Waals surface area contributed by atoms with Gasteiger partial charge in [0.2, 0.25) is 5.91 Å². The molecule has 0 spiro atoms. The zero-order valence-corrected chi connectivity index (χ0v) is 13.5. The van der Waals surface area contributed by atoms with E-state index in [0.29, 0.717) is 11.4 Å². The number of hydrogen-bond donors (Lipinski definition) is 2. The van der Waals surface area contributed by atoms with Gasteiger partial charge in [0.15, 0.2) is 5.82 Å². The van der Waals surface area contributed by atoms with Crippen molar-refractivity contribution in [1.29, 1.82) is 0 Å². The number of rotatable bonds is 6. The van der Waals surface area contributed by atoms with E-state index in [4.69, 9.17) is 0 Å². The summed E-state index contributed by atoms with van der Waals surface area (Å²) in [6.45, 7) is 4.08. The first-order chi connectivity index (χ1) is 11.0. The summed E-state index contributed by atoms with van der Waals surface area (Å²) in [6, 6.07) is 7.05. The largest absolute Gasteiger partial charge is 0.352 e. The predicted octanol–water partition coefficient (Wildman–Crippen LogP) is 1.12. The highest BCUT2D eigenvalue weighted by atomic mass is 16.2. The first-order valence-electron chi connectivity index (χ1n) is 7.45. The quantitative estimate of drug-likeness (QED) is 0.836. The third-order valence-electron chi connectivity index (χ3n) is 3.46. The maximum atomic E-state index is 11.9. The van der Waals surface area contributed by atoms with Crippen molar-refractivity contribution in [2.24, 2.45) is 7.05 Å². The lowest BCUT2D eigenvalue weighted by Gasteiger charge is -2.13. The van der Waals surface area contributed by atoms with Gasteiger partial charge in [-0.05, 0) is 26.0 Å². The third-order valence-corrected chi connectivity index (χ3v) is 3.46. The van der Waals surface area contributed by atoms with Crippen molar-refractivity contribution < 1.29 is 9.59 Å². The molecule has 0 bridgehead atoms. The Labute approximate surface area is 135 Å². The van der Waals surface area contributed by atoms with Crippen molar-refractivity contribution in [2.45, 2.75) is 26.3 Å². The highest BCUT2D eigenvalue weighted by Crippen LogP contribution is 2.07. The monoisotopic (exact) mass is 315 g/mol. The van der Waals surface area contributed by atoms with Crippen molar-refractivity contribution in [3.63, 3.8) is 0 Å². The van der Waals surface area contributed by atoms with Gasteiger partial charge in [0, 0.05) is 25.6 Å². The molecular formula is C16H21N5O2. The van der Waals surface area contributed by atoms with Crippen LogP contribution in [0.5, 0.6) is 0 Å². The lowest BCUT2D eigenvalue weighted by atomic mass is 10.1. The molecule has 0 saturated heterocycles. The van der Waals surface area contributed by atoms with E-state index in [1.54, 1.807) is 23.0 Å². The van der Waals surface area contributed by atoms with Crippen LogP contribution in [0.15, 0.2) is 30.6 Å². The minimum absolute atomic E-state index is 0.148. The van der Waals surface area contributed by atoms with E-state index in [0.717, 1.165) is 5.56 Å². The molecule has 2 rings (SSSR count). The van der Waals surface area contributed by atoms with Crippen molar-refractivity contribution in [2.75, 3.05) is 6.54 Å². The van der Waals surface area contributed by atoms with Crippen LogP contribution in [0.4, 0.5) is 0 Å². The SMILES string of the molecule is Cc1ccc(C(=O)NCCC(=O)NC(C)c2nncn2C)cc1. The van der Waals surface area contributed by atoms with Gasteiger partial charge in [-0.1, -0.05) is 17.7 Å². The van der Waals surface area contributed by atoms with E-state index >= 15 is 0 Å². The highest BCUT2D eigenvalue weighted by molar-refractivity contribution is 5.94. The molecule has 0 aliphatic rings. The van der Waals surface area contributed by atoms with Crippen LogP contribution in [0, 0.1) is 6.92 Å². The van der Waals surface area contributed by atoms with Crippen molar-refractivity contribution in [1.82, 2.24) is 25.4 Å². The van der Waals surface area contributed by atoms with Gasteiger partial charge >= 0.3 is 0 Å². The Morgan fingerprint density at radius 3 is 2.57 bits per heavy atom. The Morgan fingerprint density at radius 2 is 1.96 bits per heavy atom. The molecule has 2 amide bonds. The normalized spacial score (nSPS) is 11.8. The Morgan fingerprint density at radius 1 is 1.26 bits per heavy atom. The topological polar surface area (TPSA) is 88.9 Å². The molecule has 1 aromatic carbocycles. The predicted molar refractivity (Wildman–Crippen MR) is 85.7 cm³/mol. The molecule has 0 aliphatic carbocycles. The summed E-state index contributed by atoms with van der Waals surface area (Å²) in [5.74, 6) is 0.353. The molecule has 0 aliphatic heterocycles. The summed E-state index contributed by atoms with van der Waals surface area (Å²) < 4.78 is 1.75. The van der Waals surface area contributed by atoms with Crippen LogP contribution in [-0.4, -0.2) is 33.1 Å². The first-order valence-corrected chi connectivity index (χ1v) is 7.45. The summed E-state index contributed by atoms with van der Waals surface area (Å²) in [7, 11) is 1.82. The number of aryl methyl sites for hydroxylation is 2. The van der Waals surface area contributed by atoms with Crippen LogP contribution in [-0.2, 0) is 11.8 Å². The summed E-state index contributed by atoms with van der Waals surface area (Å²) >= 11 is 0. The number of nitrogens with one attached hydrogen (secondary N) is 2. The molecule has 23 heavy (non-hydrogen) atoms. The molecular weight excluding hydrogens is 294 g/mol. The van der Waals surface area contributed by atoms with E-state index < -0.39 is 0 Å². The fraction of sp³-hybridized carbons (Fsp3) is 0.375. The van der Waals surface area contributed by atoms with Crippen LogP contribution in [0.2, 0.25) is 0 Å². The Bertz CT molecular complexity index is 678.